The van der Waals surface area contributed by atoms with E-state index in [4.69, 9.17) is 10.5 Å². The zero-order chi connectivity index (χ0) is 31.4. The predicted octanol–water partition coefficient (Wildman–Crippen LogP) is 1.75. The molecule has 4 atom stereocenters. The minimum absolute atomic E-state index is 0.0559. The first-order valence-electron chi connectivity index (χ1n) is 14.2. The molecule has 43 heavy (non-hydrogen) atoms. The Balaban J connectivity index is 1.72. The Morgan fingerprint density at radius 2 is 1.74 bits per heavy atom. The second-order valence-corrected chi connectivity index (χ2v) is 11.8. The Kier molecular flexibility index (Phi) is 7.84. The maximum atomic E-state index is 14.2. The van der Waals surface area contributed by atoms with Crippen molar-refractivity contribution < 1.29 is 39.5 Å². The molecule has 3 aliphatic carbocycles. The van der Waals surface area contributed by atoms with Gasteiger partial charge in [-0.2, -0.15) is 0 Å². The first-order valence-corrected chi connectivity index (χ1v) is 14.2. The van der Waals surface area contributed by atoms with E-state index in [1.807, 2.05) is 49.3 Å². The number of benzene rings is 2. The van der Waals surface area contributed by atoms with Crippen LogP contribution in [0.5, 0.6) is 5.75 Å². The average molecular weight is 592 g/mol. The molecule has 11 nitrogen and oxygen atoms in total. The van der Waals surface area contributed by atoms with Crippen LogP contribution in [0.2, 0.25) is 0 Å². The molecule has 0 bridgehead atoms. The van der Waals surface area contributed by atoms with Crippen LogP contribution in [-0.4, -0.2) is 95.8 Å². The predicted molar refractivity (Wildman–Crippen MR) is 160 cm³/mol. The van der Waals surface area contributed by atoms with Gasteiger partial charge in [-0.15, -0.1) is 0 Å². The Morgan fingerprint density at radius 1 is 1.07 bits per heavy atom. The number of anilines is 1. The number of hydrogen-bond acceptors (Lipinski definition) is 10. The van der Waals surface area contributed by atoms with Crippen LogP contribution in [0.25, 0.3) is 16.9 Å². The van der Waals surface area contributed by atoms with Gasteiger partial charge in [0.15, 0.2) is 11.4 Å². The quantitative estimate of drug-likeness (QED) is 0.225. The van der Waals surface area contributed by atoms with Crippen molar-refractivity contribution in [2.45, 2.75) is 30.9 Å². The van der Waals surface area contributed by atoms with E-state index in [-0.39, 0.29) is 37.2 Å². The lowest BCUT2D eigenvalue weighted by molar-refractivity contribution is -0.153. The lowest BCUT2D eigenvalue weighted by Gasteiger charge is -2.50. The highest BCUT2D eigenvalue weighted by atomic mass is 16.5. The van der Waals surface area contributed by atoms with Crippen molar-refractivity contribution >= 4 is 28.9 Å². The average Bonchev–Trinajstić information content (AvgIpc) is 2.95. The normalized spacial score (nSPS) is 25.0. The topological polar surface area (TPSA) is 174 Å². The third-order valence-electron chi connectivity index (χ3n) is 8.84. The second-order valence-electron chi connectivity index (χ2n) is 11.8. The number of fused-ring (bicyclic) bond motifs is 3. The molecule has 0 aliphatic heterocycles. The summed E-state index contributed by atoms with van der Waals surface area (Å²) in [7, 11) is 7.05. The molecule has 0 heterocycles. The number of primary amides is 1. The van der Waals surface area contributed by atoms with Gasteiger partial charge in [0, 0.05) is 44.3 Å². The molecule has 5 rings (SSSR count). The number of carbonyl (C=O) groups is 3. The summed E-state index contributed by atoms with van der Waals surface area (Å²) in [5.74, 6) is -5.94. The summed E-state index contributed by atoms with van der Waals surface area (Å²) in [5.41, 5.74) is 5.54. The van der Waals surface area contributed by atoms with E-state index in [1.165, 1.54) is 4.90 Å². The molecule has 6 N–H and O–H groups in total. The highest BCUT2D eigenvalue weighted by Crippen LogP contribution is 2.53. The number of nitrogens with zero attached hydrogens (tertiary/aromatic N) is 2. The maximum Gasteiger partial charge on any atom is 0.255 e. The van der Waals surface area contributed by atoms with Crippen LogP contribution in [0.4, 0.5) is 5.69 Å². The number of ether oxygens (including phenoxy) is 1. The number of aliphatic hydroxyl groups excluding tert-OH is 3. The number of nitrogens with two attached hydrogens (primary N) is 1. The second kappa shape index (κ2) is 11.1. The molecular formula is C32H37N3O8. The van der Waals surface area contributed by atoms with Crippen LogP contribution in [0.15, 0.2) is 53.3 Å². The summed E-state index contributed by atoms with van der Waals surface area (Å²) < 4.78 is 5.93. The zero-order valence-electron chi connectivity index (χ0n) is 24.6. The van der Waals surface area contributed by atoms with Gasteiger partial charge < -0.3 is 35.8 Å². The molecule has 1 amide bonds. The third kappa shape index (κ3) is 4.68. The van der Waals surface area contributed by atoms with E-state index < -0.39 is 58.0 Å². The van der Waals surface area contributed by atoms with Gasteiger partial charge in [-0.25, -0.2) is 0 Å². The Labute approximate surface area is 249 Å². The molecule has 3 aliphatic rings. The minimum Gasteiger partial charge on any atom is -0.508 e. The van der Waals surface area contributed by atoms with E-state index >= 15 is 0 Å². The monoisotopic (exact) mass is 591 g/mol. The van der Waals surface area contributed by atoms with Crippen LogP contribution in [-0.2, 0) is 20.8 Å². The smallest absolute Gasteiger partial charge is 0.255 e. The fourth-order valence-electron chi connectivity index (χ4n) is 6.81. The van der Waals surface area contributed by atoms with Crippen LogP contribution < -0.4 is 15.4 Å². The zero-order valence-corrected chi connectivity index (χ0v) is 24.6. The van der Waals surface area contributed by atoms with E-state index in [0.29, 0.717) is 12.2 Å². The van der Waals surface area contributed by atoms with Crippen molar-refractivity contribution in [1.82, 2.24) is 4.90 Å². The maximum absolute atomic E-state index is 14.2. The van der Waals surface area contributed by atoms with Crippen LogP contribution in [0, 0.1) is 11.8 Å². The van der Waals surface area contributed by atoms with Gasteiger partial charge in [-0.1, -0.05) is 18.2 Å². The number of likely N-dealkylation sites (N-methyl/N-ethyl adjacent to an activating group) is 1. The number of ketones is 2. The number of amides is 1. The van der Waals surface area contributed by atoms with Crippen molar-refractivity contribution in [3.63, 3.8) is 0 Å². The summed E-state index contributed by atoms with van der Waals surface area (Å²) in [5, 5.41) is 44.0. The standard InChI is InChI=1S/C32H37N3O8/c1-34(2)18-8-6-16(7-9-18)19-10-11-22(43-13-5-12-36)24-20(19)14-17-15-21-26(35(3)4)28(38)25(31(33)41)30(40)32(21,42)29(39)23(17)27(24)37/h6-11,17,21,26,36-37,40,42H,5,12-15H2,1-4H3,(H2,33,41)/t17-,21-,26-,32-/m0/s1. The number of hydrogen-bond donors (Lipinski definition) is 5. The Morgan fingerprint density at radius 3 is 2.33 bits per heavy atom. The van der Waals surface area contributed by atoms with Crippen molar-refractivity contribution in [3.05, 3.63) is 64.4 Å². The molecule has 0 radical (unpaired) electrons. The summed E-state index contributed by atoms with van der Waals surface area (Å²) in [4.78, 5) is 43.2. The molecule has 1 fully saturated rings. The lowest BCUT2D eigenvalue weighted by atomic mass is 9.57. The third-order valence-corrected chi connectivity index (χ3v) is 8.84. The lowest BCUT2D eigenvalue weighted by Crippen LogP contribution is -2.65. The van der Waals surface area contributed by atoms with Crippen molar-refractivity contribution in [2.24, 2.45) is 17.6 Å². The summed E-state index contributed by atoms with van der Waals surface area (Å²) >= 11 is 0. The molecule has 11 heteroatoms. The van der Waals surface area contributed by atoms with Gasteiger partial charge in [0.25, 0.3) is 5.91 Å². The first-order chi connectivity index (χ1) is 20.3. The van der Waals surface area contributed by atoms with Crippen molar-refractivity contribution in [2.75, 3.05) is 46.3 Å². The summed E-state index contributed by atoms with van der Waals surface area (Å²) in [6.45, 7) is 0.0596. The Hall–Kier alpha value is -4.19. The molecule has 0 spiro atoms. The van der Waals surface area contributed by atoms with Crippen LogP contribution in [0.3, 0.4) is 0 Å². The molecule has 1 saturated carbocycles. The highest BCUT2D eigenvalue weighted by Gasteiger charge is 2.64. The molecule has 2 aromatic carbocycles. The van der Waals surface area contributed by atoms with E-state index in [9.17, 15) is 34.8 Å². The molecule has 2 aromatic rings. The first kappa shape index (κ1) is 30.3. The van der Waals surface area contributed by atoms with Crippen LogP contribution >= 0.6 is 0 Å². The van der Waals surface area contributed by atoms with Gasteiger partial charge in [0.1, 0.15) is 22.8 Å². The highest BCUT2D eigenvalue weighted by molar-refractivity contribution is 6.24. The fourth-order valence-corrected chi connectivity index (χ4v) is 6.81. The SMILES string of the molecule is CN(C)c1ccc(-c2ccc(OCCCO)c3c2C[C@H]2C[C@H]4[C@H](N(C)C)C(=O)C(C(N)=O)=C(O)[C@@]4(O)C(=O)C2=C3O)cc1. The van der Waals surface area contributed by atoms with Crippen molar-refractivity contribution in [1.29, 1.82) is 0 Å². The Bertz CT molecular complexity index is 1560. The largest absolute Gasteiger partial charge is 0.508 e. The fraction of sp³-hybridized carbons (Fsp3) is 0.406. The molecule has 228 valence electrons. The summed E-state index contributed by atoms with van der Waals surface area (Å²) in [6, 6.07) is 10.3. The van der Waals surface area contributed by atoms with Gasteiger partial charge in [0.05, 0.1) is 18.2 Å². The van der Waals surface area contributed by atoms with Gasteiger partial charge in [-0.05, 0) is 67.7 Å². The number of aliphatic hydroxyl groups is 4. The minimum atomic E-state index is -2.65. The van der Waals surface area contributed by atoms with Gasteiger partial charge in [-0.3, -0.25) is 19.3 Å². The number of carbonyl (C=O) groups excluding carboxylic acids is 3. The van der Waals surface area contributed by atoms with E-state index in [2.05, 4.69) is 0 Å². The molecule has 0 aromatic heterocycles. The van der Waals surface area contributed by atoms with Crippen molar-refractivity contribution in [3.8, 4) is 16.9 Å². The number of rotatable bonds is 8. The van der Waals surface area contributed by atoms with Crippen LogP contribution in [0.1, 0.15) is 24.0 Å². The molecule has 0 saturated heterocycles. The van der Waals surface area contributed by atoms with E-state index in [1.54, 1.807) is 20.2 Å². The molecular weight excluding hydrogens is 554 g/mol. The molecule has 0 unspecified atom stereocenters. The van der Waals surface area contributed by atoms with Gasteiger partial charge in [0.2, 0.25) is 5.78 Å². The number of Topliss-reactive ketones (excluding diaryl/α,β-unsaturated/α-hetero) is 2. The van der Waals surface area contributed by atoms with Gasteiger partial charge >= 0.3 is 0 Å². The summed E-state index contributed by atoms with van der Waals surface area (Å²) in [6.07, 6.45) is 0.675. The van der Waals surface area contributed by atoms with E-state index in [0.717, 1.165) is 22.4 Å².